The second-order valence-electron chi connectivity index (χ2n) is 25.5. The Hall–Kier alpha value is -9.90. The second kappa shape index (κ2) is 32.2. The molecule has 0 spiro atoms. The molecule has 6 aromatic carbocycles. The molecule has 0 N–H and O–H groups in total. The van der Waals surface area contributed by atoms with Crippen LogP contribution in [-0.2, 0) is 17.4 Å². The van der Waals surface area contributed by atoms with Crippen LogP contribution in [0, 0.1) is 19.8 Å². The lowest BCUT2D eigenvalue weighted by Crippen LogP contribution is -2.57. The zero-order valence-corrected chi connectivity index (χ0v) is 61.2. The Morgan fingerprint density at radius 1 is 0.732 bits per heavy atom. The highest BCUT2D eigenvalue weighted by Gasteiger charge is 2.60. The molecule has 4 nitrogen and oxygen atoms in total. The number of furan rings is 1. The van der Waals surface area contributed by atoms with Gasteiger partial charge in [0.15, 0.2) is 5.75 Å². The molecule has 0 amide bonds. The van der Waals surface area contributed by atoms with E-state index >= 15 is 0 Å². The van der Waals surface area contributed by atoms with Crippen LogP contribution in [0.25, 0.3) is 27.7 Å². The third-order valence-corrected chi connectivity index (χ3v) is 19.1. The van der Waals surface area contributed by atoms with Crippen molar-refractivity contribution in [2.24, 2.45) is 5.92 Å². The fraction of sp³-hybridized carbons (Fsp3) is 0.247. The largest absolute Gasteiger partial charge is 0.459 e. The summed E-state index contributed by atoms with van der Waals surface area (Å²) in [5.41, 5.74) is 24.8. The fourth-order valence-electron chi connectivity index (χ4n) is 14.0. The number of hydrogen-bond acceptors (Lipinski definition) is 4. The number of rotatable bonds is 14. The van der Waals surface area contributed by atoms with Gasteiger partial charge in [-0.2, -0.15) is 0 Å². The lowest BCUT2D eigenvalue weighted by atomic mass is 9.54. The summed E-state index contributed by atoms with van der Waals surface area (Å²) in [6.45, 7) is 59.3. The first-order chi connectivity index (χ1) is 46.8. The van der Waals surface area contributed by atoms with Crippen LogP contribution in [0.5, 0.6) is 5.75 Å². The third kappa shape index (κ3) is 14.6. The van der Waals surface area contributed by atoms with E-state index in [9.17, 15) is 0 Å². The number of ether oxygens (including phenoxy) is 1. The molecule has 5 aliphatic rings. The molecule has 4 atom stereocenters. The molecule has 0 radical (unpaired) electrons. The van der Waals surface area contributed by atoms with Crippen LogP contribution < -0.4 is 14.5 Å². The number of benzene rings is 6. The van der Waals surface area contributed by atoms with E-state index in [1.807, 2.05) is 86.6 Å². The summed E-state index contributed by atoms with van der Waals surface area (Å²) >= 11 is 0. The Bertz CT molecular complexity index is 4470. The number of para-hydroxylation sites is 2. The van der Waals surface area contributed by atoms with Gasteiger partial charge in [0.05, 0.1) is 5.69 Å². The minimum Gasteiger partial charge on any atom is -0.459 e. The third-order valence-electron chi connectivity index (χ3n) is 19.1. The predicted molar refractivity (Wildman–Crippen MR) is 422 cm³/mol. The van der Waals surface area contributed by atoms with E-state index in [1.54, 1.807) is 0 Å². The predicted octanol–water partition coefficient (Wildman–Crippen LogP) is 26.4. The quantitative estimate of drug-likeness (QED) is 0.0616. The number of aryl methyl sites for hydroxylation is 2. The van der Waals surface area contributed by atoms with Crippen molar-refractivity contribution >= 4 is 27.9 Å². The van der Waals surface area contributed by atoms with Crippen LogP contribution in [-0.4, -0.2) is 0 Å². The number of allylic oxidation sites excluding steroid dienone is 22. The average molecular weight is 1280 g/mol. The highest BCUT2D eigenvalue weighted by atomic mass is 16.5. The monoisotopic (exact) mass is 1280 g/mol. The van der Waals surface area contributed by atoms with Gasteiger partial charge in [0.1, 0.15) is 22.6 Å². The molecule has 4 unspecified atom stereocenters. The first-order valence-corrected chi connectivity index (χ1v) is 35.0. The van der Waals surface area contributed by atoms with E-state index in [-0.39, 0.29) is 11.8 Å². The van der Waals surface area contributed by atoms with Crippen LogP contribution in [0.4, 0.5) is 11.4 Å². The molecule has 7 aromatic rings. The maximum atomic E-state index is 7.44. The van der Waals surface area contributed by atoms with Crippen LogP contribution in [0.15, 0.2) is 335 Å². The normalized spacial score (nSPS) is 21.5. The Morgan fingerprint density at radius 3 is 2.02 bits per heavy atom. The molecule has 12 rings (SSSR count). The van der Waals surface area contributed by atoms with Gasteiger partial charge in [-0.3, -0.25) is 0 Å². The van der Waals surface area contributed by atoms with Crippen LogP contribution in [0.1, 0.15) is 155 Å². The molecule has 4 heteroatoms. The molecule has 1 aliphatic heterocycles. The van der Waals surface area contributed by atoms with Gasteiger partial charge in [0.25, 0.3) is 0 Å². The maximum absolute atomic E-state index is 7.44. The Kier molecular flexibility index (Phi) is 24.2. The molecule has 2 heterocycles. The van der Waals surface area contributed by atoms with Gasteiger partial charge in [0.2, 0.25) is 0 Å². The lowest BCUT2D eigenvalue weighted by Gasteiger charge is -2.59. The summed E-state index contributed by atoms with van der Waals surface area (Å²) in [5, 5.41) is 1.18. The number of fused-ring (bicyclic) bond motifs is 8. The first kappa shape index (κ1) is 72.9. The SMILES string of the molecule is C=C/C(C)=C(\C)Oc1c(C)cccc1N(\C=C1C=C/C2=C/C=C(/N3c4ccc(-c5ccccc5)cc4C4(C)C=CC(C)C5=C4C3(C)c3oc4c(C)cccc4c3C5C)C(=C)\C=C/C(C=C)=C/1C2)C(=C)/C(=C\C(=C)Cc1ccccc1)c1ccccc1.CC.CC.CC.CC=C(C)C. The Labute approximate surface area is 583 Å². The summed E-state index contributed by atoms with van der Waals surface area (Å²) in [5.74, 6) is 2.80. The van der Waals surface area contributed by atoms with Crippen molar-refractivity contribution in [1.29, 1.82) is 0 Å². The van der Waals surface area contributed by atoms with Crippen molar-refractivity contribution in [3.05, 3.63) is 370 Å². The number of anilines is 2. The van der Waals surface area contributed by atoms with Gasteiger partial charge in [-0.25, -0.2) is 0 Å². The standard InChI is InChI=1S/C82H76N2O2.C5H10.3C2H6/c1-14-53(4)60(11)85-78-57(8)28-26-36-74(78)83(59(10)69(65-33-23-18-24-34-65)48-52(3)47-61-29-19-16-20-30-61)51-67-41-38-62-39-43-72(54(5)37-40-63(15-2)70(67)49-62)84-73-44-42-66(64-31-21-17-22-32-64)50-71(73)81(12)46-45-55(6)75-58(9)76-68-35-25-27-56(7)77(68)86-80(76)82(84,13)79(75)81;1-4-5(2)3;3*1-2/h14-46,48,50-51,55,58H,1-3,5,10,47,49H2,4,6-9,11-13H3;4H,1-3H3;3*1-2H3/b40-37-,60-53+,62-39-,67-51+,69-48+,70-63+,72-43+;;;;. The van der Waals surface area contributed by atoms with Crippen LogP contribution in [0.2, 0.25) is 0 Å². The molecule has 1 aromatic heterocycles. The highest BCUT2D eigenvalue weighted by molar-refractivity contribution is 5.91. The Morgan fingerprint density at radius 2 is 1.37 bits per heavy atom. The molecule has 498 valence electrons. The molecule has 0 saturated carbocycles. The highest BCUT2D eigenvalue weighted by Crippen LogP contribution is 2.66. The van der Waals surface area contributed by atoms with E-state index in [0.29, 0.717) is 12.8 Å². The Balaban J connectivity index is 0.00000103. The van der Waals surface area contributed by atoms with E-state index < -0.39 is 11.0 Å². The van der Waals surface area contributed by atoms with E-state index in [1.165, 1.54) is 49.9 Å². The van der Waals surface area contributed by atoms with E-state index in [2.05, 4.69) is 285 Å². The van der Waals surface area contributed by atoms with Crippen LogP contribution in [0.3, 0.4) is 0 Å². The summed E-state index contributed by atoms with van der Waals surface area (Å²) in [4.78, 5) is 4.78. The van der Waals surface area contributed by atoms with Crippen molar-refractivity contribution in [1.82, 2.24) is 0 Å². The molecule has 0 fully saturated rings. The minimum atomic E-state index is -0.770. The van der Waals surface area contributed by atoms with E-state index in [4.69, 9.17) is 22.3 Å². The molecule has 4 aliphatic carbocycles. The topological polar surface area (TPSA) is 28.9 Å². The van der Waals surface area contributed by atoms with Gasteiger partial charge < -0.3 is 19.0 Å². The van der Waals surface area contributed by atoms with Gasteiger partial charge in [0, 0.05) is 51.1 Å². The van der Waals surface area contributed by atoms with E-state index in [0.717, 1.165) is 107 Å². The van der Waals surface area contributed by atoms with Crippen molar-refractivity contribution in [2.75, 3.05) is 9.80 Å². The lowest BCUT2D eigenvalue weighted by molar-refractivity contribution is 0.341. The first-order valence-electron chi connectivity index (χ1n) is 35.0. The summed E-state index contributed by atoms with van der Waals surface area (Å²) < 4.78 is 14.3. The fourth-order valence-corrected chi connectivity index (χ4v) is 14.0. The summed E-state index contributed by atoms with van der Waals surface area (Å²) in [6, 6.07) is 51.7. The number of hydrogen-bond donors (Lipinski definition) is 0. The maximum Gasteiger partial charge on any atom is 0.153 e. The summed E-state index contributed by atoms with van der Waals surface area (Å²) in [7, 11) is 0. The molecule has 97 heavy (non-hydrogen) atoms. The van der Waals surface area contributed by atoms with Gasteiger partial charge in [-0.05, 0) is 189 Å². The molecular formula is C93H104N2O2. The number of nitrogens with zero attached hydrogens (tertiary/aromatic N) is 2. The van der Waals surface area contributed by atoms with Crippen LogP contribution >= 0.6 is 0 Å². The van der Waals surface area contributed by atoms with Crippen molar-refractivity contribution < 1.29 is 9.15 Å². The van der Waals surface area contributed by atoms with Crippen molar-refractivity contribution in [2.45, 2.75) is 147 Å². The average Bonchev–Trinajstić information content (AvgIpc) is 1.66. The molecule has 2 bridgehead atoms. The van der Waals surface area contributed by atoms with Crippen molar-refractivity contribution in [3.63, 3.8) is 0 Å². The molecular weight excluding hydrogens is 1180 g/mol. The smallest absolute Gasteiger partial charge is 0.153 e. The second-order valence-corrected chi connectivity index (χ2v) is 25.5. The van der Waals surface area contributed by atoms with Gasteiger partial charge >= 0.3 is 0 Å². The summed E-state index contributed by atoms with van der Waals surface area (Å²) in [6.07, 6.45) is 30.0. The molecule has 0 saturated heterocycles. The van der Waals surface area contributed by atoms with Gasteiger partial charge in [-0.15, -0.1) is 0 Å². The van der Waals surface area contributed by atoms with Crippen molar-refractivity contribution in [3.8, 4) is 16.9 Å². The zero-order chi connectivity index (χ0) is 70.5. The zero-order valence-electron chi connectivity index (χ0n) is 61.2. The van der Waals surface area contributed by atoms with Gasteiger partial charge in [-0.1, -0.05) is 293 Å². The minimum absolute atomic E-state index is 0.119.